The Morgan fingerprint density at radius 1 is 1.03 bits per heavy atom. The van der Waals surface area contributed by atoms with Crippen molar-refractivity contribution in [2.75, 3.05) is 5.75 Å². The molecule has 1 heterocycles. The fourth-order valence-electron chi connectivity index (χ4n) is 3.72. The van der Waals surface area contributed by atoms with E-state index < -0.39 is 0 Å². The third-order valence-electron chi connectivity index (χ3n) is 5.95. The number of nitrogens with zero attached hydrogens (tertiary/aromatic N) is 3. The minimum Gasteiger partial charge on any atom is -0.508 e. The lowest BCUT2D eigenvalue weighted by Crippen LogP contribution is -2.34. The minimum atomic E-state index is -0.238. The molecule has 37 heavy (non-hydrogen) atoms. The lowest BCUT2D eigenvalue weighted by molar-refractivity contribution is -0.625. The maximum atomic E-state index is 12.6. The number of benzene rings is 3. The Kier molecular flexibility index (Phi) is 7.78. The van der Waals surface area contributed by atoms with E-state index in [1.54, 1.807) is 31.2 Å². The van der Waals surface area contributed by atoms with Crippen molar-refractivity contribution in [2.24, 2.45) is 5.10 Å². The van der Waals surface area contributed by atoms with Gasteiger partial charge in [-0.05, 0) is 90.7 Å². The molecule has 0 aliphatic heterocycles. The van der Waals surface area contributed by atoms with Crippen LogP contribution in [-0.2, 0) is 10.2 Å². The summed E-state index contributed by atoms with van der Waals surface area (Å²) in [6.45, 7) is 10.4. The van der Waals surface area contributed by atoms with Crippen molar-refractivity contribution in [3.63, 3.8) is 0 Å². The van der Waals surface area contributed by atoms with E-state index in [-0.39, 0.29) is 22.8 Å². The summed E-state index contributed by atoms with van der Waals surface area (Å²) in [4.78, 5) is 12.6. The van der Waals surface area contributed by atoms with Gasteiger partial charge in [-0.3, -0.25) is 4.79 Å². The van der Waals surface area contributed by atoms with Crippen LogP contribution in [-0.4, -0.2) is 32.7 Å². The monoisotopic (exact) mass is 514 g/mol. The van der Waals surface area contributed by atoms with Crippen molar-refractivity contribution in [1.82, 2.24) is 15.6 Å². The van der Waals surface area contributed by atoms with Crippen molar-refractivity contribution in [2.45, 2.75) is 45.2 Å². The summed E-state index contributed by atoms with van der Waals surface area (Å²) in [5, 5.41) is 22.0. The van der Waals surface area contributed by atoms with Crippen molar-refractivity contribution in [3.05, 3.63) is 89.5 Å². The molecular formula is C29H32N5O2S+. The van der Waals surface area contributed by atoms with Crippen molar-refractivity contribution in [3.8, 4) is 22.8 Å². The van der Waals surface area contributed by atoms with Gasteiger partial charge in [0.15, 0.2) is 0 Å². The van der Waals surface area contributed by atoms with E-state index in [9.17, 15) is 9.90 Å². The Morgan fingerprint density at radius 3 is 2.30 bits per heavy atom. The number of hydrazone groups is 1. The summed E-state index contributed by atoms with van der Waals surface area (Å²) < 4.78 is 2.04. The molecule has 0 fully saturated rings. The number of aryl methyl sites for hydroxylation is 1. The van der Waals surface area contributed by atoms with Crippen LogP contribution in [0.2, 0.25) is 0 Å². The van der Waals surface area contributed by atoms with E-state index in [4.69, 9.17) is 0 Å². The second-order valence-corrected chi connectivity index (χ2v) is 10.9. The fraction of sp³-hybridized carbons (Fsp3) is 0.241. The Morgan fingerprint density at radius 2 is 1.68 bits per heavy atom. The number of carbonyl (C=O) groups is 1. The molecule has 0 bridgehead atoms. The number of aromatic hydroxyl groups is 1. The molecule has 0 saturated carbocycles. The number of carbonyl (C=O) groups excluding carboxylic acids is 1. The number of H-pyrrole nitrogens is 1. The van der Waals surface area contributed by atoms with Gasteiger partial charge in [0, 0.05) is 0 Å². The van der Waals surface area contributed by atoms with E-state index in [0.717, 1.165) is 22.6 Å². The number of nitrogens with one attached hydrogen (secondary N) is 2. The second kappa shape index (κ2) is 11.0. The van der Waals surface area contributed by atoms with Crippen LogP contribution in [0.15, 0.2) is 83.1 Å². The maximum Gasteiger partial charge on any atom is 0.342 e. The molecule has 8 heteroatoms. The SMILES string of the molecule is CC(=NNC(=O)CSc1n[nH]c(-c2ccc(C(C)(C)C)cc2)[n+]1-c1ccc(C)cc1)c1ccc(O)cc1. The first-order chi connectivity index (χ1) is 17.6. The average molecular weight is 515 g/mol. The van der Waals surface area contributed by atoms with E-state index in [1.165, 1.54) is 22.9 Å². The number of aromatic amines is 1. The van der Waals surface area contributed by atoms with Gasteiger partial charge in [0.2, 0.25) is 0 Å². The van der Waals surface area contributed by atoms with Gasteiger partial charge in [-0.1, -0.05) is 50.6 Å². The molecule has 0 aliphatic rings. The summed E-state index contributed by atoms with van der Waals surface area (Å²) in [5.41, 5.74) is 8.53. The highest BCUT2D eigenvalue weighted by molar-refractivity contribution is 7.99. The molecule has 190 valence electrons. The molecule has 0 spiro atoms. The second-order valence-electron chi connectivity index (χ2n) is 9.92. The van der Waals surface area contributed by atoms with Gasteiger partial charge in [-0.25, -0.2) is 5.43 Å². The molecule has 7 nitrogen and oxygen atoms in total. The van der Waals surface area contributed by atoms with Crippen LogP contribution < -0.4 is 9.99 Å². The largest absolute Gasteiger partial charge is 0.508 e. The number of thioether (sulfide) groups is 1. The van der Waals surface area contributed by atoms with E-state index in [0.29, 0.717) is 10.9 Å². The number of hydrogen-bond donors (Lipinski definition) is 3. The molecule has 4 aromatic rings. The Bertz CT molecular complexity index is 1400. The quantitative estimate of drug-likeness (QED) is 0.135. The highest BCUT2D eigenvalue weighted by Crippen LogP contribution is 2.26. The highest BCUT2D eigenvalue weighted by Gasteiger charge is 2.25. The zero-order valence-corrected chi connectivity index (χ0v) is 22.6. The summed E-state index contributed by atoms with van der Waals surface area (Å²) in [7, 11) is 0. The number of aromatic nitrogens is 3. The zero-order valence-electron chi connectivity index (χ0n) is 21.7. The standard InChI is InChI=1S/C29H31N5O2S/c1-19-6-14-24(15-7-19)34-27(22-8-12-23(13-9-22)29(3,4)5)32-33-28(34)37-18-26(36)31-30-20(2)21-10-16-25(35)17-11-21/h6-17H,18H2,1-5H3,(H2,30,31,35,36)/p+1. The van der Waals surface area contributed by atoms with E-state index in [1.807, 2.05) is 16.7 Å². The molecule has 3 N–H and O–H groups in total. The van der Waals surface area contributed by atoms with Crippen LogP contribution in [0.1, 0.15) is 44.4 Å². The Labute approximate surface area is 221 Å². The van der Waals surface area contributed by atoms with Crippen LogP contribution in [0, 0.1) is 6.92 Å². The van der Waals surface area contributed by atoms with Gasteiger partial charge in [0.1, 0.15) is 11.4 Å². The predicted octanol–water partition coefficient (Wildman–Crippen LogP) is 5.30. The molecule has 3 aromatic carbocycles. The van der Waals surface area contributed by atoms with Crippen molar-refractivity contribution in [1.29, 1.82) is 0 Å². The lowest BCUT2D eigenvalue weighted by Gasteiger charge is -2.18. The van der Waals surface area contributed by atoms with Crippen molar-refractivity contribution >= 4 is 23.4 Å². The summed E-state index contributed by atoms with van der Waals surface area (Å²) >= 11 is 1.33. The first-order valence-electron chi connectivity index (χ1n) is 12.1. The number of phenolic OH excluding ortho intramolecular Hbond substituents is 1. The summed E-state index contributed by atoms with van der Waals surface area (Å²) in [6, 6.07) is 23.4. The van der Waals surface area contributed by atoms with Gasteiger partial charge < -0.3 is 5.11 Å². The number of rotatable bonds is 7. The summed E-state index contributed by atoms with van der Waals surface area (Å²) in [5.74, 6) is 0.930. The molecule has 0 atom stereocenters. The topological polar surface area (TPSA) is 94.2 Å². The highest BCUT2D eigenvalue weighted by atomic mass is 32.2. The van der Waals surface area contributed by atoms with Crippen LogP contribution in [0.4, 0.5) is 0 Å². The third kappa shape index (κ3) is 6.46. The fourth-order valence-corrected chi connectivity index (χ4v) is 4.48. The van der Waals surface area contributed by atoms with Gasteiger partial charge in [0.05, 0.1) is 22.1 Å². The van der Waals surface area contributed by atoms with Crippen molar-refractivity contribution < 1.29 is 14.5 Å². The van der Waals surface area contributed by atoms with Gasteiger partial charge in [-0.15, -0.1) is 5.10 Å². The van der Waals surface area contributed by atoms with Crippen LogP contribution >= 0.6 is 11.8 Å². The molecule has 0 unspecified atom stereocenters. The maximum absolute atomic E-state index is 12.6. The Balaban J connectivity index is 1.55. The normalized spacial score (nSPS) is 12.0. The third-order valence-corrected chi connectivity index (χ3v) is 6.89. The molecule has 1 aromatic heterocycles. The number of amides is 1. The molecular weight excluding hydrogens is 482 g/mol. The molecule has 0 aliphatic carbocycles. The molecule has 1 amide bonds. The number of phenols is 1. The number of hydrogen-bond acceptors (Lipinski definition) is 5. The first-order valence-corrected chi connectivity index (χ1v) is 13.0. The molecule has 0 radical (unpaired) electrons. The van der Waals surface area contributed by atoms with E-state index in [2.05, 4.69) is 84.8 Å². The smallest absolute Gasteiger partial charge is 0.342 e. The Hall–Kier alpha value is -3.91. The minimum absolute atomic E-state index is 0.0664. The van der Waals surface area contributed by atoms with Crippen LogP contribution in [0.5, 0.6) is 5.75 Å². The molecule has 4 rings (SSSR count). The first kappa shape index (κ1) is 26.2. The molecule has 0 saturated heterocycles. The summed E-state index contributed by atoms with van der Waals surface area (Å²) in [6.07, 6.45) is 0. The lowest BCUT2D eigenvalue weighted by atomic mass is 9.87. The predicted molar refractivity (Wildman–Crippen MR) is 148 cm³/mol. The van der Waals surface area contributed by atoms with Gasteiger partial charge >= 0.3 is 5.16 Å². The van der Waals surface area contributed by atoms with Crippen LogP contribution in [0.3, 0.4) is 0 Å². The zero-order chi connectivity index (χ0) is 26.6. The van der Waals surface area contributed by atoms with Gasteiger partial charge in [-0.2, -0.15) is 9.67 Å². The average Bonchev–Trinajstić information content (AvgIpc) is 3.30. The van der Waals surface area contributed by atoms with Crippen LogP contribution in [0.25, 0.3) is 17.1 Å². The van der Waals surface area contributed by atoms with E-state index >= 15 is 0 Å². The van der Waals surface area contributed by atoms with Gasteiger partial charge in [0.25, 0.3) is 11.7 Å².